The first-order valence-electron chi connectivity index (χ1n) is 6.66. The third-order valence-corrected chi connectivity index (χ3v) is 4.07. The molecule has 3 N–H and O–H groups in total. The first-order chi connectivity index (χ1) is 8.09. The van der Waals surface area contributed by atoms with E-state index in [2.05, 4.69) is 36.4 Å². The summed E-state index contributed by atoms with van der Waals surface area (Å²) in [6.45, 7) is 7.66. The standard InChI is InChI=1S/C13H22N4/c1-8-6-13(7-9(2)15-8)12-11(4-5-14-13)16-10(3)17-12/h8-9,14-15H,4-7H2,1-3H3,(H,16,17). The van der Waals surface area contributed by atoms with Gasteiger partial charge in [-0.2, -0.15) is 0 Å². The van der Waals surface area contributed by atoms with Crippen molar-refractivity contribution in [2.24, 2.45) is 0 Å². The lowest BCUT2D eigenvalue weighted by Gasteiger charge is -2.45. The van der Waals surface area contributed by atoms with Crippen molar-refractivity contribution in [1.29, 1.82) is 0 Å². The van der Waals surface area contributed by atoms with E-state index in [-0.39, 0.29) is 5.54 Å². The zero-order chi connectivity index (χ0) is 12.0. The topological polar surface area (TPSA) is 52.7 Å². The van der Waals surface area contributed by atoms with Gasteiger partial charge >= 0.3 is 0 Å². The molecule has 1 saturated heterocycles. The smallest absolute Gasteiger partial charge is 0.103 e. The van der Waals surface area contributed by atoms with Crippen LogP contribution in [0.3, 0.4) is 0 Å². The molecule has 4 heteroatoms. The number of hydrogen-bond acceptors (Lipinski definition) is 3. The van der Waals surface area contributed by atoms with E-state index < -0.39 is 0 Å². The van der Waals surface area contributed by atoms with E-state index in [0.717, 1.165) is 31.6 Å². The molecular formula is C13H22N4. The molecule has 3 rings (SSSR count). The Labute approximate surface area is 103 Å². The molecule has 2 aliphatic rings. The number of nitrogens with zero attached hydrogens (tertiary/aromatic N) is 1. The van der Waals surface area contributed by atoms with Crippen molar-refractivity contribution < 1.29 is 0 Å². The number of rotatable bonds is 0. The summed E-state index contributed by atoms with van der Waals surface area (Å²) in [5.74, 6) is 1.05. The van der Waals surface area contributed by atoms with Gasteiger partial charge in [0.15, 0.2) is 0 Å². The normalized spacial score (nSPS) is 37.1. The molecule has 0 amide bonds. The maximum absolute atomic E-state index is 4.75. The average molecular weight is 234 g/mol. The third-order valence-electron chi connectivity index (χ3n) is 4.07. The second-order valence-corrected chi connectivity index (χ2v) is 5.79. The van der Waals surface area contributed by atoms with E-state index in [9.17, 15) is 0 Å². The average Bonchev–Trinajstić information content (AvgIpc) is 2.58. The van der Waals surface area contributed by atoms with Crippen LogP contribution in [0.25, 0.3) is 0 Å². The van der Waals surface area contributed by atoms with Gasteiger partial charge in [-0.15, -0.1) is 0 Å². The van der Waals surface area contributed by atoms with Gasteiger partial charge in [-0.25, -0.2) is 4.98 Å². The molecule has 0 bridgehead atoms. The minimum absolute atomic E-state index is 0.0996. The second-order valence-electron chi connectivity index (χ2n) is 5.79. The highest BCUT2D eigenvalue weighted by molar-refractivity contribution is 5.28. The maximum Gasteiger partial charge on any atom is 0.103 e. The fourth-order valence-corrected chi connectivity index (χ4v) is 3.70. The Morgan fingerprint density at radius 2 is 1.94 bits per heavy atom. The van der Waals surface area contributed by atoms with Crippen molar-refractivity contribution in [1.82, 2.24) is 20.6 Å². The second kappa shape index (κ2) is 3.82. The van der Waals surface area contributed by atoms with Crippen LogP contribution in [-0.2, 0) is 12.0 Å². The number of piperidine rings is 1. The number of hydrogen-bond donors (Lipinski definition) is 3. The molecule has 0 aromatic carbocycles. The minimum Gasteiger partial charge on any atom is -0.346 e. The summed E-state index contributed by atoms with van der Waals surface area (Å²) < 4.78 is 0. The number of aromatic amines is 1. The monoisotopic (exact) mass is 234 g/mol. The van der Waals surface area contributed by atoms with Gasteiger partial charge in [0.1, 0.15) is 5.82 Å². The summed E-state index contributed by atoms with van der Waals surface area (Å²) in [5.41, 5.74) is 2.73. The van der Waals surface area contributed by atoms with Crippen LogP contribution >= 0.6 is 0 Å². The van der Waals surface area contributed by atoms with Crippen molar-refractivity contribution in [3.63, 3.8) is 0 Å². The highest BCUT2D eigenvalue weighted by Crippen LogP contribution is 2.37. The molecule has 4 nitrogen and oxygen atoms in total. The van der Waals surface area contributed by atoms with Gasteiger partial charge in [0, 0.05) is 30.7 Å². The number of imidazole rings is 1. The SMILES string of the molecule is Cc1nc2c([nH]1)CCNC21CC(C)NC(C)C1. The van der Waals surface area contributed by atoms with E-state index in [0.29, 0.717) is 12.1 Å². The Morgan fingerprint density at radius 1 is 1.24 bits per heavy atom. The van der Waals surface area contributed by atoms with Gasteiger partial charge < -0.3 is 15.6 Å². The largest absolute Gasteiger partial charge is 0.346 e. The molecule has 1 fully saturated rings. The fourth-order valence-electron chi connectivity index (χ4n) is 3.70. The molecule has 2 unspecified atom stereocenters. The van der Waals surface area contributed by atoms with Gasteiger partial charge in [0.2, 0.25) is 0 Å². The van der Waals surface area contributed by atoms with Gasteiger partial charge in [-0.3, -0.25) is 0 Å². The van der Waals surface area contributed by atoms with E-state index in [1.807, 2.05) is 0 Å². The third kappa shape index (κ3) is 1.79. The molecule has 94 valence electrons. The summed E-state index contributed by atoms with van der Waals surface area (Å²) >= 11 is 0. The number of aryl methyl sites for hydroxylation is 1. The van der Waals surface area contributed by atoms with Crippen LogP contribution in [0.2, 0.25) is 0 Å². The fraction of sp³-hybridized carbons (Fsp3) is 0.769. The zero-order valence-corrected chi connectivity index (χ0v) is 10.9. The molecular weight excluding hydrogens is 212 g/mol. The Kier molecular flexibility index (Phi) is 2.52. The van der Waals surface area contributed by atoms with Crippen molar-refractivity contribution >= 4 is 0 Å². The van der Waals surface area contributed by atoms with Crippen molar-refractivity contribution in [2.45, 2.75) is 57.7 Å². The van der Waals surface area contributed by atoms with Gasteiger partial charge in [0.25, 0.3) is 0 Å². The van der Waals surface area contributed by atoms with E-state index in [4.69, 9.17) is 4.98 Å². The Bertz CT molecular complexity index is 413. The van der Waals surface area contributed by atoms with Gasteiger partial charge in [-0.05, 0) is 33.6 Å². The minimum atomic E-state index is 0.0996. The lowest BCUT2D eigenvalue weighted by Crippen LogP contribution is -2.58. The first kappa shape index (κ1) is 11.2. The number of nitrogens with one attached hydrogen (secondary N) is 3. The van der Waals surface area contributed by atoms with Gasteiger partial charge in [0.05, 0.1) is 11.2 Å². The molecule has 2 aliphatic heterocycles. The van der Waals surface area contributed by atoms with Crippen molar-refractivity contribution in [3.8, 4) is 0 Å². The Morgan fingerprint density at radius 3 is 2.65 bits per heavy atom. The molecule has 17 heavy (non-hydrogen) atoms. The summed E-state index contributed by atoms with van der Waals surface area (Å²) in [6.07, 6.45) is 3.34. The molecule has 2 atom stereocenters. The van der Waals surface area contributed by atoms with Gasteiger partial charge in [-0.1, -0.05) is 0 Å². The van der Waals surface area contributed by atoms with Crippen LogP contribution in [0.5, 0.6) is 0 Å². The molecule has 0 radical (unpaired) electrons. The highest BCUT2D eigenvalue weighted by atomic mass is 15.1. The molecule has 0 aliphatic carbocycles. The molecule has 1 spiro atoms. The van der Waals surface area contributed by atoms with E-state index in [1.54, 1.807) is 0 Å². The van der Waals surface area contributed by atoms with Crippen LogP contribution in [0.4, 0.5) is 0 Å². The molecule has 0 saturated carbocycles. The van der Waals surface area contributed by atoms with Crippen LogP contribution in [0, 0.1) is 6.92 Å². The predicted octanol–water partition coefficient (Wildman–Crippen LogP) is 1.22. The highest BCUT2D eigenvalue weighted by Gasteiger charge is 2.43. The molecule has 1 aromatic heterocycles. The summed E-state index contributed by atoms with van der Waals surface area (Å²) in [6, 6.07) is 1.10. The maximum atomic E-state index is 4.75. The first-order valence-corrected chi connectivity index (χ1v) is 6.66. The predicted molar refractivity (Wildman–Crippen MR) is 68.0 cm³/mol. The van der Waals surface area contributed by atoms with Crippen LogP contribution < -0.4 is 10.6 Å². The molecule has 1 aromatic rings. The van der Waals surface area contributed by atoms with Crippen LogP contribution in [0.1, 0.15) is 43.9 Å². The zero-order valence-electron chi connectivity index (χ0n) is 10.9. The quantitative estimate of drug-likeness (QED) is 0.632. The lowest BCUT2D eigenvalue weighted by molar-refractivity contribution is 0.165. The van der Waals surface area contributed by atoms with E-state index >= 15 is 0 Å². The number of aromatic nitrogens is 2. The van der Waals surface area contributed by atoms with Crippen LogP contribution in [-0.4, -0.2) is 28.6 Å². The summed E-state index contributed by atoms with van der Waals surface area (Å²) in [7, 11) is 0. The molecule has 3 heterocycles. The van der Waals surface area contributed by atoms with Crippen molar-refractivity contribution in [2.75, 3.05) is 6.54 Å². The Balaban J connectivity index is 2.02. The Hall–Kier alpha value is -0.870. The van der Waals surface area contributed by atoms with Crippen molar-refractivity contribution in [3.05, 3.63) is 17.2 Å². The lowest BCUT2D eigenvalue weighted by atomic mass is 9.76. The summed E-state index contributed by atoms with van der Waals surface area (Å²) in [5, 5.41) is 7.35. The van der Waals surface area contributed by atoms with Crippen LogP contribution in [0.15, 0.2) is 0 Å². The number of fused-ring (bicyclic) bond motifs is 2. The summed E-state index contributed by atoms with van der Waals surface area (Å²) in [4.78, 5) is 8.18. The number of H-pyrrole nitrogens is 1. The van der Waals surface area contributed by atoms with E-state index in [1.165, 1.54) is 11.4 Å².